The van der Waals surface area contributed by atoms with E-state index >= 15 is 0 Å². The summed E-state index contributed by atoms with van der Waals surface area (Å²) in [7, 11) is 0. The predicted octanol–water partition coefficient (Wildman–Crippen LogP) is -2.63. The van der Waals surface area contributed by atoms with Gasteiger partial charge in [0, 0.05) is 39.6 Å². The largest absolute Gasteiger partial charge is 2.00 e. The van der Waals surface area contributed by atoms with Gasteiger partial charge in [0.2, 0.25) is 0 Å². The van der Waals surface area contributed by atoms with E-state index in [-0.39, 0.29) is 104 Å². The van der Waals surface area contributed by atoms with Crippen LogP contribution in [-0.2, 0) is 39.6 Å². The van der Waals surface area contributed by atoms with Gasteiger partial charge in [-0.2, -0.15) is 0 Å². The molecule has 0 bridgehead atoms. The zero-order valence-corrected chi connectivity index (χ0v) is 10.5. The molecule has 0 aromatic heterocycles. The first-order valence-corrected chi connectivity index (χ1v) is 0. The van der Waals surface area contributed by atoms with Gasteiger partial charge in [0.05, 0.1) is 0 Å². The molecule has 0 rings (SSSR count). The average molecular weight is 437 g/mol. The van der Waals surface area contributed by atoms with Crippen molar-refractivity contribution >= 4 is 45.5 Å². The molecule has 0 fully saturated rings. The van der Waals surface area contributed by atoms with Gasteiger partial charge < -0.3 is 19.3 Å². The first kappa shape index (κ1) is 72.5. The van der Waals surface area contributed by atoms with Crippen LogP contribution in [0.4, 0.5) is 0 Å². The zero-order valence-electron chi connectivity index (χ0n) is 4.89. The van der Waals surface area contributed by atoms with Crippen LogP contribution in [0, 0.1) is 0 Å². The van der Waals surface area contributed by atoms with E-state index < -0.39 is 0 Å². The van der Waals surface area contributed by atoms with Crippen LogP contribution in [0.15, 0.2) is 0 Å². The second-order valence-electron chi connectivity index (χ2n) is 0. The minimum absolute atomic E-state index is 0. The third-order valence-corrected chi connectivity index (χ3v) is 0. The monoisotopic (exact) mass is 439 g/mol. The SMILES string of the molecule is O.O.O.[H-].[H-].[Ir].[Ru].[Sr+2]. The van der Waals surface area contributed by atoms with Crippen LogP contribution in [0.3, 0.4) is 0 Å². The van der Waals surface area contributed by atoms with Gasteiger partial charge in [-0.05, 0) is 0 Å². The standard InChI is InChI=1S/Ir.3H2O.Ru.Sr.2H/h;3*1H2;;;;/q;;;;;+2;2*-1. The molecule has 0 unspecified atom stereocenters. The summed E-state index contributed by atoms with van der Waals surface area (Å²) in [4.78, 5) is 0. The Bertz CT molecular complexity index is 17.2. The molecule has 0 amide bonds. The molecule has 0 aliphatic heterocycles. The number of rotatable bonds is 0. The van der Waals surface area contributed by atoms with E-state index in [4.69, 9.17) is 0 Å². The Labute approximate surface area is 103 Å². The maximum absolute atomic E-state index is 0. The molecule has 6 heavy (non-hydrogen) atoms. The van der Waals surface area contributed by atoms with Crippen LogP contribution in [0.1, 0.15) is 2.85 Å². The van der Waals surface area contributed by atoms with E-state index in [0.29, 0.717) is 0 Å². The Morgan fingerprint density at radius 1 is 0.833 bits per heavy atom. The van der Waals surface area contributed by atoms with Gasteiger partial charge in [0.15, 0.2) is 0 Å². The Balaban J connectivity index is 0. The zero-order chi connectivity index (χ0) is 0. The molecule has 1 radical (unpaired) electrons. The van der Waals surface area contributed by atoms with Gasteiger partial charge in [0.1, 0.15) is 0 Å². The summed E-state index contributed by atoms with van der Waals surface area (Å²) in [6, 6.07) is 0. The van der Waals surface area contributed by atoms with Gasteiger partial charge in [0.25, 0.3) is 0 Å². The molecule has 0 aliphatic rings. The Kier molecular flexibility index (Phi) is 586. The molecule has 0 aromatic carbocycles. The Morgan fingerprint density at radius 3 is 0.833 bits per heavy atom. The molecule has 0 atom stereocenters. The molecule has 6 heteroatoms. The molecule has 0 aliphatic carbocycles. The average Bonchev–Trinajstić information content (AvgIpc) is 0. The quantitative estimate of drug-likeness (QED) is 0.371. The van der Waals surface area contributed by atoms with Gasteiger partial charge in [-0.1, -0.05) is 0 Å². The van der Waals surface area contributed by atoms with Crippen LogP contribution in [0.5, 0.6) is 0 Å². The van der Waals surface area contributed by atoms with Gasteiger partial charge in [-0.15, -0.1) is 0 Å². The summed E-state index contributed by atoms with van der Waals surface area (Å²) >= 11 is 0. The molecule has 0 aromatic rings. The molecule has 6 N–H and O–H groups in total. The summed E-state index contributed by atoms with van der Waals surface area (Å²) in [6.45, 7) is 0. The van der Waals surface area contributed by atoms with Crippen LogP contribution >= 0.6 is 0 Å². The maximum Gasteiger partial charge on any atom is 2.00 e. The normalized spacial score (nSPS) is 0. The van der Waals surface area contributed by atoms with E-state index in [1.807, 2.05) is 0 Å². The minimum Gasteiger partial charge on any atom is -1.00 e. The van der Waals surface area contributed by atoms with Crippen molar-refractivity contribution in [1.82, 2.24) is 0 Å². The van der Waals surface area contributed by atoms with Crippen molar-refractivity contribution < 1.29 is 58.9 Å². The summed E-state index contributed by atoms with van der Waals surface area (Å²) in [5, 5.41) is 0. The summed E-state index contributed by atoms with van der Waals surface area (Å²) < 4.78 is 0. The molecule has 0 saturated heterocycles. The fourth-order valence-corrected chi connectivity index (χ4v) is 0. The topological polar surface area (TPSA) is 94.5 Å². The van der Waals surface area contributed by atoms with Crippen molar-refractivity contribution in [1.29, 1.82) is 0 Å². The molecule has 0 saturated carbocycles. The van der Waals surface area contributed by atoms with Gasteiger partial charge in [-0.3, -0.25) is 0 Å². The van der Waals surface area contributed by atoms with Crippen LogP contribution in [-0.4, -0.2) is 61.9 Å². The van der Waals surface area contributed by atoms with E-state index in [1.54, 1.807) is 0 Å². The third-order valence-electron chi connectivity index (χ3n) is 0. The number of hydrogen-bond donors (Lipinski definition) is 0. The van der Waals surface area contributed by atoms with Crippen LogP contribution in [0.2, 0.25) is 0 Å². The summed E-state index contributed by atoms with van der Waals surface area (Å²) in [6.07, 6.45) is 0. The van der Waals surface area contributed by atoms with E-state index in [1.165, 1.54) is 0 Å². The maximum atomic E-state index is 0. The van der Waals surface area contributed by atoms with Crippen molar-refractivity contribution in [2.75, 3.05) is 0 Å². The van der Waals surface area contributed by atoms with Crippen molar-refractivity contribution in [3.05, 3.63) is 0 Å². The first-order valence-electron chi connectivity index (χ1n) is 0. The van der Waals surface area contributed by atoms with E-state index in [0.717, 1.165) is 0 Å². The fourth-order valence-electron chi connectivity index (χ4n) is 0. The second kappa shape index (κ2) is 48.4. The van der Waals surface area contributed by atoms with E-state index in [2.05, 4.69) is 0 Å². The molecule has 0 spiro atoms. The predicted molar refractivity (Wildman–Crippen MR) is 18.8 cm³/mol. The first-order chi connectivity index (χ1) is 0. The van der Waals surface area contributed by atoms with Crippen LogP contribution < -0.4 is 0 Å². The van der Waals surface area contributed by atoms with E-state index in [9.17, 15) is 0 Å². The Morgan fingerprint density at radius 2 is 0.833 bits per heavy atom. The number of hydrogen-bond acceptors (Lipinski definition) is 0. The molecular weight excluding hydrogens is 429 g/mol. The molecule has 0 heterocycles. The smallest absolute Gasteiger partial charge is 1.00 e. The van der Waals surface area contributed by atoms with Crippen molar-refractivity contribution in [3.8, 4) is 0 Å². The molecular formula is H8IrO3RuSr. The second-order valence-corrected chi connectivity index (χ2v) is 0. The molecule has 45 valence electrons. The van der Waals surface area contributed by atoms with Gasteiger partial charge >= 0.3 is 45.5 Å². The van der Waals surface area contributed by atoms with Crippen LogP contribution in [0.25, 0.3) is 0 Å². The van der Waals surface area contributed by atoms with Crippen molar-refractivity contribution in [3.63, 3.8) is 0 Å². The fraction of sp³-hybridized carbons (Fsp3) is 0. The van der Waals surface area contributed by atoms with Gasteiger partial charge in [-0.25, -0.2) is 0 Å². The summed E-state index contributed by atoms with van der Waals surface area (Å²) in [5.74, 6) is 0. The van der Waals surface area contributed by atoms with Crippen molar-refractivity contribution in [2.24, 2.45) is 0 Å². The Hall–Kier alpha value is 2.63. The minimum atomic E-state index is 0. The molecule has 3 nitrogen and oxygen atoms in total. The summed E-state index contributed by atoms with van der Waals surface area (Å²) in [5.41, 5.74) is 0. The van der Waals surface area contributed by atoms with Crippen molar-refractivity contribution in [2.45, 2.75) is 0 Å². The third kappa shape index (κ3) is 30.4.